The van der Waals surface area contributed by atoms with Crippen LogP contribution in [0.2, 0.25) is 0 Å². The first kappa shape index (κ1) is 16.0. The summed E-state index contributed by atoms with van der Waals surface area (Å²) in [5, 5.41) is 2.80. The minimum absolute atomic E-state index is 0.170. The molecule has 5 nitrogen and oxygen atoms in total. The monoisotopic (exact) mass is 333 g/mol. The molecule has 0 aliphatic heterocycles. The molecule has 0 radical (unpaired) electrons. The zero-order valence-corrected chi connectivity index (χ0v) is 13.5. The highest BCUT2D eigenvalue weighted by atomic mass is 35.5. The van der Waals surface area contributed by atoms with Crippen molar-refractivity contribution < 1.29 is 19.0 Å². The third-order valence-corrected chi connectivity index (χ3v) is 4.22. The quantitative estimate of drug-likeness (QED) is 0.813. The van der Waals surface area contributed by atoms with Gasteiger partial charge in [0.25, 0.3) is 0 Å². The van der Waals surface area contributed by atoms with Gasteiger partial charge in [0.05, 0.1) is 27.2 Å². The molecule has 1 unspecified atom stereocenters. The van der Waals surface area contributed by atoms with Crippen LogP contribution in [-0.4, -0.2) is 31.6 Å². The number of hydrogen-bond donors (Lipinski definition) is 1. The summed E-state index contributed by atoms with van der Waals surface area (Å²) in [5.74, 6) is 1.05. The largest absolute Gasteiger partial charge is 0.493 e. The van der Waals surface area contributed by atoms with Gasteiger partial charge in [-0.05, 0) is 18.6 Å². The minimum atomic E-state index is -0.925. The lowest BCUT2D eigenvalue weighted by Gasteiger charge is -2.16. The third-order valence-electron chi connectivity index (χ3n) is 3.38. The number of methoxy groups -OCH3 is 3. The summed E-state index contributed by atoms with van der Waals surface area (Å²) >= 11 is 11.7. The minimum Gasteiger partial charge on any atom is -0.493 e. The van der Waals surface area contributed by atoms with Gasteiger partial charge >= 0.3 is 0 Å². The summed E-state index contributed by atoms with van der Waals surface area (Å²) in [6.07, 6.45) is 0.477. The fraction of sp³-hybridized carbons (Fsp3) is 0.500. The number of nitrogens with one attached hydrogen (secondary N) is 1. The van der Waals surface area contributed by atoms with Crippen LogP contribution in [0.25, 0.3) is 0 Å². The second-order valence-electron chi connectivity index (χ2n) is 4.73. The fourth-order valence-corrected chi connectivity index (χ4v) is 2.61. The molecule has 0 spiro atoms. The van der Waals surface area contributed by atoms with E-state index in [4.69, 9.17) is 37.4 Å². The molecule has 1 aromatic rings. The molecule has 1 fully saturated rings. The van der Waals surface area contributed by atoms with E-state index in [0.717, 1.165) is 5.56 Å². The van der Waals surface area contributed by atoms with Crippen LogP contribution in [-0.2, 0) is 11.3 Å². The van der Waals surface area contributed by atoms with E-state index in [-0.39, 0.29) is 11.8 Å². The second-order valence-corrected chi connectivity index (χ2v) is 6.27. The molecule has 0 bridgehead atoms. The number of ether oxygens (including phenoxy) is 3. The summed E-state index contributed by atoms with van der Waals surface area (Å²) < 4.78 is 14.9. The Balaban J connectivity index is 2.11. The van der Waals surface area contributed by atoms with E-state index in [1.54, 1.807) is 13.2 Å². The highest BCUT2D eigenvalue weighted by Crippen LogP contribution is 2.53. The Labute approximate surface area is 133 Å². The molecule has 1 aromatic carbocycles. The number of halogens is 2. The Kier molecular flexibility index (Phi) is 4.74. The lowest BCUT2D eigenvalue weighted by atomic mass is 10.1. The van der Waals surface area contributed by atoms with Crippen molar-refractivity contribution in [3.8, 4) is 17.2 Å². The highest BCUT2D eigenvalue weighted by molar-refractivity contribution is 6.52. The Morgan fingerprint density at radius 1 is 1.24 bits per heavy atom. The number of carbonyl (C=O) groups is 1. The average molecular weight is 334 g/mol. The van der Waals surface area contributed by atoms with Gasteiger partial charge < -0.3 is 19.5 Å². The van der Waals surface area contributed by atoms with Crippen molar-refractivity contribution in [3.63, 3.8) is 0 Å². The molecule has 0 saturated heterocycles. The van der Waals surface area contributed by atoms with E-state index in [0.29, 0.717) is 30.2 Å². The molecular formula is C14H17Cl2NO4. The lowest BCUT2D eigenvalue weighted by Crippen LogP contribution is -2.26. The molecule has 116 valence electrons. The predicted octanol–water partition coefficient (Wildman–Crippen LogP) is 2.52. The van der Waals surface area contributed by atoms with Gasteiger partial charge in [-0.15, -0.1) is 23.2 Å². The van der Waals surface area contributed by atoms with Gasteiger partial charge in [-0.1, -0.05) is 0 Å². The van der Waals surface area contributed by atoms with Crippen LogP contribution in [0.1, 0.15) is 12.0 Å². The summed E-state index contributed by atoms with van der Waals surface area (Å²) in [6, 6.07) is 3.56. The Morgan fingerprint density at radius 2 is 1.86 bits per heavy atom. The summed E-state index contributed by atoms with van der Waals surface area (Å²) in [6.45, 7) is 0.294. The molecule has 0 aromatic heterocycles. The zero-order chi connectivity index (χ0) is 15.6. The molecule has 7 heteroatoms. The number of carbonyl (C=O) groups excluding carboxylic acids is 1. The number of amides is 1. The second kappa shape index (κ2) is 6.20. The smallest absolute Gasteiger partial charge is 0.226 e. The van der Waals surface area contributed by atoms with E-state index in [2.05, 4.69) is 5.32 Å². The van der Waals surface area contributed by atoms with Crippen LogP contribution >= 0.6 is 23.2 Å². The van der Waals surface area contributed by atoms with Crippen LogP contribution in [0, 0.1) is 5.92 Å². The maximum Gasteiger partial charge on any atom is 0.226 e. The van der Waals surface area contributed by atoms with E-state index in [1.165, 1.54) is 14.2 Å². The van der Waals surface area contributed by atoms with Crippen molar-refractivity contribution in [1.82, 2.24) is 5.32 Å². The molecule has 21 heavy (non-hydrogen) atoms. The number of rotatable bonds is 6. The molecule has 2 rings (SSSR count). The van der Waals surface area contributed by atoms with E-state index in [9.17, 15) is 4.79 Å². The van der Waals surface area contributed by atoms with Crippen molar-refractivity contribution in [3.05, 3.63) is 17.7 Å². The maximum atomic E-state index is 11.9. The van der Waals surface area contributed by atoms with Crippen molar-refractivity contribution >= 4 is 29.1 Å². The first-order valence-corrected chi connectivity index (χ1v) is 7.13. The summed E-state index contributed by atoms with van der Waals surface area (Å²) in [4.78, 5) is 11.9. The summed E-state index contributed by atoms with van der Waals surface area (Å²) in [5.41, 5.74) is 0.777. The predicted molar refractivity (Wildman–Crippen MR) is 80.5 cm³/mol. The van der Waals surface area contributed by atoms with Crippen LogP contribution in [0.5, 0.6) is 17.2 Å². The zero-order valence-electron chi connectivity index (χ0n) is 12.0. The Bertz CT molecular complexity index is 548. The standard InChI is InChI=1S/C14H17Cl2NO4/c1-19-10-5-4-8(11(20-2)12(10)21-3)7-17-13(18)9-6-14(9,15)16/h4-5,9H,6-7H2,1-3H3,(H,17,18). The number of hydrogen-bond acceptors (Lipinski definition) is 4. The van der Waals surface area contributed by atoms with Gasteiger partial charge in [0, 0.05) is 12.1 Å². The van der Waals surface area contributed by atoms with Gasteiger partial charge in [0.1, 0.15) is 4.33 Å². The topological polar surface area (TPSA) is 56.8 Å². The summed E-state index contributed by atoms with van der Waals surface area (Å²) in [7, 11) is 4.61. The first-order chi connectivity index (χ1) is 9.94. The van der Waals surface area contributed by atoms with Crippen molar-refractivity contribution in [2.75, 3.05) is 21.3 Å². The molecule has 1 atom stereocenters. The Hall–Kier alpha value is -1.33. The number of alkyl halides is 2. The lowest BCUT2D eigenvalue weighted by molar-refractivity contribution is -0.122. The average Bonchev–Trinajstić information content (AvgIpc) is 3.12. The molecule has 0 heterocycles. The molecule has 1 aliphatic carbocycles. The molecule has 1 N–H and O–H groups in total. The SMILES string of the molecule is COc1ccc(CNC(=O)C2CC2(Cl)Cl)c(OC)c1OC. The highest BCUT2D eigenvalue weighted by Gasteiger charge is 2.56. The van der Waals surface area contributed by atoms with Gasteiger partial charge in [-0.2, -0.15) is 0 Å². The van der Waals surface area contributed by atoms with Gasteiger partial charge in [0.15, 0.2) is 11.5 Å². The normalized spacial score (nSPS) is 18.8. The van der Waals surface area contributed by atoms with Crippen molar-refractivity contribution in [2.45, 2.75) is 17.3 Å². The molecule has 1 saturated carbocycles. The van der Waals surface area contributed by atoms with Crippen LogP contribution in [0.15, 0.2) is 12.1 Å². The van der Waals surface area contributed by atoms with Gasteiger partial charge in [0.2, 0.25) is 11.7 Å². The number of benzene rings is 1. The van der Waals surface area contributed by atoms with Crippen molar-refractivity contribution in [2.24, 2.45) is 5.92 Å². The fourth-order valence-electron chi connectivity index (χ4n) is 2.11. The molecule has 1 amide bonds. The first-order valence-electron chi connectivity index (χ1n) is 6.38. The van der Waals surface area contributed by atoms with E-state index >= 15 is 0 Å². The van der Waals surface area contributed by atoms with Crippen molar-refractivity contribution in [1.29, 1.82) is 0 Å². The van der Waals surface area contributed by atoms with Crippen LogP contribution < -0.4 is 19.5 Å². The molecule has 1 aliphatic rings. The Morgan fingerprint density at radius 3 is 2.33 bits per heavy atom. The van der Waals surface area contributed by atoms with Gasteiger partial charge in [-0.3, -0.25) is 4.79 Å². The maximum absolute atomic E-state index is 11.9. The van der Waals surface area contributed by atoms with E-state index < -0.39 is 4.33 Å². The van der Waals surface area contributed by atoms with Crippen LogP contribution in [0.4, 0.5) is 0 Å². The molecular weight excluding hydrogens is 317 g/mol. The van der Waals surface area contributed by atoms with Gasteiger partial charge in [-0.25, -0.2) is 0 Å². The third kappa shape index (κ3) is 3.30. The van der Waals surface area contributed by atoms with E-state index in [1.807, 2.05) is 6.07 Å². The van der Waals surface area contributed by atoms with Crippen LogP contribution in [0.3, 0.4) is 0 Å².